The molecule has 0 saturated carbocycles. The second-order valence-electron chi connectivity index (χ2n) is 9.54. The van der Waals surface area contributed by atoms with E-state index in [-0.39, 0.29) is 12.1 Å². The second-order valence-corrected chi connectivity index (χ2v) is 12.4. The zero-order chi connectivity index (χ0) is 25.5. The standard InChI is InChI=1S/C32H27NO2S2/c1-22-11-17-27(18-12-22)36(34)30-10-6-5-9-29(30)32-31(26-16-15-24-7-3-4-8-25(24)21-26)33(32)37(35)28-19-13-23(2)14-20-28/h3-21,31-32H,1-2H3/t31-,32+,33?,36+,37-/m1/s1. The van der Waals surface area contributed by atoms with E-state index in [0.29, 0.717) is 0 Å². The number of hydrogen-bond donors (Lipinski definition) is 0. The highest BCUT2D eigenvalue weighted by atomic mass is 32.2. The maximum Gasteiger partial charge on any atom is 0.128 e. The highest BCUT2D eigenvalue weighted by molar-refractivity contribution is 7.85. The lowest BCUT2D eigenvalue weighted by Crippen LogP contribution is -2.06. The predicted molar refractivity (Wildman–Crippen MR) is 151 cm³/mol. The van der Waals surface area contributed by atoms with Crippen molar-refractivity contribution in [3.63, 3.8) is 0 Å². The van der Waals surface area contributed by atoms with E-state index in [2.05, 4.69) is 30.3 Å². The van der Waals surface area contributed by atoms with Crippen molar-refractivity contribution >= 4 is 32.6 Å². The second kappa shape index (κ2) is 9.82. The summed E-state index contributed by atoms with van der Waals surface area (Å²) in [6.07, 6.45) is 0. The first-order valence-corrected chi connectivity index (χ1v) is 14.6. The van der Waals surface area contributed by atoms with Crippen LogP contribution in [0.15, 0.2) is 130 Å². The summed E-state index contributed by atoms with van der Waals surface area (Å²) in [6.45, 7) is 4.05. The monoisotopic (exact) mass is 521 g/mol. The summed E-state index contributed by atoms with van der Waals surface area (Å²) in [4.78, 5) is 2.31. The fourth-order valence-corrected chi connectivity index (χ4v) is 7.58. The minimum atomic E-state index is -1.36. The van der Waals surface area contributed by atoms with Crippen LogP contribution in [0.4, 0.5) is 0 Å². The molecule has 1 aliphatic rings. The number of aryl methyl sites for hydroxylation is 2. The van der Waals surface area contributed by atoms with Crippen molar-refractivity contribution in [3.8, 4) is 0 Å². The van der Waals surface area contributed by atoms with Crippen molar-refractivity contribution in [2.24, 2.45) is 0 Å². The highest BCUT2D eigenvalue weighted by Crippen LogP contribution is 2.58. The zero-order valence-electron chi connectivity index (χ0n) is 20.7. The van der Waals surface area contributed by atoms with Gasteiger partial charge in [0.2, 0.25) is 0 Å². The number of benzene rings is 5. The normalized spacial score (nSPS) is 20.4. The third kappa shape index (κ3) is 4.59. The van der Waals surface area contributed by atoms with E-state index in [0.717, 1.165) is 42.3 Å². The van der Waals surface area contributed by atoms with E-state index in [1.807, 2.05) is 103 Å². The molecule has 0 amide bonds. The summed E-state index contributed by atoms with van der Waals surface area (Å²) in [5.74, 6) is 0. The third-order valence-electron chi connectivity index (χ3n) is 6.96. The molecule has 1 aliphatic heterocycles. The number of rotatable bonds is 6. The topological polar surface area (TPSA) is 37.1 Å². The van der Waals surface area contributed by atoms with Crippen LogP contribution < -0.4 is 0 Å². The molecule has 1 saturated heterocycles. The summed E-state index contributed by atoms with van der Waals surface area (Å²) in [7, 11) is -2.70. The largest absolute Gasteiger partial charge is 0.249 e. The highest BCUT2D eigenvalue weighted by Gasteiger charge is 2.54. The molecule has 0 radical (unpaired) electrons. The Bertz CT molecular complexity index is 1640. The van der Waals surface area contributed by atoms with Gasteiger partial charge < -0.3 is 0 Å². The van der Waals surface area contributed by atoms with Gasteiger partial charge in [0.25, 0.3) is 0 Å². The third-order valence-corrected chi connectivity index (χ3v) is 9.94. The first kappa shape index (κ1) is 24.0. The van der Waals surface area contributed by atoms with Gasteiger partial charge in [-0.25, -0.2) is 12.7 Å². The summed E-state index contributed by atoms with van der Waals surface area (Å²) in [6, 6.07) is 38.1. The van der Waals surface area contributed by atoms with Gasteiger partial charge in [0.1, 0.15) is 11.0 Å². The molecule has 0 spiro atoms. The van der Waals surface area contributed by atoms with Crippen molar-refractivity contribution in [1.29, 1.82) is 0 Å². The van der Waals surface area contributed by atoms with E-state index in [9.17, 15) is 8.42 Å². The summed E-state index contributed by atoms with van der Waals surface area (Å²) < 4.78 is 29.7. The lowest BCUT2D eigenvalue weighted by molar-refractivity contribution is 0.637. The Hall–Kier alpha value is -3.38. The van der Waals surface area contributed by atoms with E-state index in [1.165, 1.54) is 5.39 Å². The van der Waals surface area contributed by atoms with Gasteiger partial charge in [-0.3, -0.25) is 0 Å². The fourth-order valence-electron chi connectivity index (χ4n) is 4.90. The van der Waals surface area contributed by atoms with Gasteiger partial charge in [-0.05, 0) is 72.1 Å². The predicted octanol–water partition coefficient (Wildman–Crippen LogP) is 7.44. The van der Waals surface area contributed by atoms with Crippen LogP contribution in [-0.2, 0) is 21.8 Å². The molecule has 5 atom stereocenters. The van der Waals surface area contributed by atoms with Gasteiger partial charge in [0, 0.05) is 9.79 Å². The molecule has 1 fully saturated rings. The fraction of sp³-hybridized carbons (Fsp3) is 0.125. The molecule has 5 aromatic rings. The first-order valence-electron chi connectivity index (χ1n) is 12.3. The lowest BCUT2D eigenvalue weighted by Gasteiger charge is -2.10. The van der Waals surface area contributed by atoms with Gasteiger partial charge in [-0.15, -0.1) is 0 Å². The minimum absolute atomic E-state index is 0.0806. The number of fused-ring (bicyclic) bond motifs is 1. The van der Waals surface area contributed by atoms with Gasteiger partial charge in [-0.2, -0.15) is 0 Å². The average Bonchev–Trinajstić information content (AvgIpc) is 3.68. The molecule has 0 bridgehead atoms. The Morgan fingerprint density at radius 1 is 0.595 bits per heavy atom. The smallest absolute Gasteiger partial charge is 0.128 e. The van der Waals surface area contributed by atoms with Crippen LogP contribution in [0, 0.1) is 13.8 Å². The Balaban J connectivity index is 1.44. The average molecular weight is 522 g/mol. The maximum atomic E-state index is 13.9. The molecular weight excluding hydrogens is 494 g/mol. The minimum Gasteiger partial charge on any atom is -0.249 e. The van der Waals surface area contributed by atoms with E-state index < -0.39 is 21.8 Å². The molecule has 37 heavy (non-hydrogen) atoms. The van der Waals surface area contributed by atoms with Gasteiger partial charge in [0.05, 0.1) is 27.8 Å². The van der Waals surface area contributed by atoms with Crippen molar-refractivity contribution in [2.75, 3.05) is 0 Å². The van der Waals surface area contributed by atoms with Crippen molar-refractivity contribution in [1.82, 2.24) is 4.31 Å². The molecule has 5 heteroatoms. The summed E-state index contributed by atoms with van der Waals surface area (Å²) in [5, 5.41) is 2.33. The zero-order valence-corrected chi connectivity index (χ0v) is 22.3. The van der Waals surface area contributed by atoms with Crippen molar-refractivity contribution in [3.05, 3.63) is 138 Å². The van der Waals surface area contributed by atoms with Gasteiger partial charge in [0.15, 0.2) is 0 Å². The Kier molecular flexibility index (Phi) is 6.37. The van der Waals surface area contributed by atoms with Crippen LogP contribution in [0.5, 0.6) is 0 Å². The molecule has 0 aliphatic carbocycles. The van der Waals surface area contributed by atoms with Crippen LogP contribution in [0.2, 0.25) is 0 Å². The van der Waals surface area contributed by atoms with Crippen LogP contribution in [0.1, 0.15) is 34.3 Å². The molecule has 184 valence electrons. The molecule has 1 heterocycles. The molecule has 3 nitrogen and oxygen atoms in total. The Labute approximate surface area is 222 Å². The molecule has 0 aromatic heterocycles. The molecule has 6 rings (SSSR count). The molecular formula is C32H27NO2S2. The Morgan fingerprint density at radius 2 is 1.19 bits per heavy atom. The van der Waals surface area contributed by atoms with Crippen LogP contribution in [0.25, 0.3) is 10.8 Å². The van der Waals surface area contributed by atoms with E-state index >= 15 is 0 Å². The number of nitrogens with zero attached hydrogens (tertiary/aromatic N) is 1. The van der Waals surface area contributed by atoms with Crippen molar-refractivity contribution in [2.45, 2.75) is 40.6 Å². The molecule has 0 N–H and O–H groups in total. The van der Waals surface area contributed by atoms with Crippen LogP contribution in [-0.4, -0.2) is 12.7 Å². The van der Waals surface area contributed by atoms with Gasteiger partial charge in [-0.1, -0.05) is 90.0 Å². The van der Waals surface area contributed by atoms with E-state index in [1.54, 1.807) is 0 Å². The van der Waals surface area contributed by atoms with Crippen LogP contribution >= 0.6 is 0 Å². The quantitative estimate of drug-likeness (QED) is 0.218. The lowest BCUT2D eigenvalue weighted by atomic mass is 10.0. The first-order chi connectivity index (χ1) is 18.0. The summed E-state index contributed by atoms with van der Waals surface area (Å²) in [5.41, 5.74) is 4.33. The van der Waals surface area contributed by atoms with E-state index in [4.69, 9.17) is 0 Å². The SMILES string of the molecule is Cc1ccc([S@](=O)c2ccccc2[C@H]2[C@@H](c3ccc4ccccc4c3)N2[S@](=O)c2ccc(C)cc2)cc1. The molecule has 1 unspecified atom stereocenters. The van der Waals surface area contributed by atoms with Crippen molar-refractivity contribution < 1.29 is 8.42 Å². The number of hydrogen-bond acceptors (Lipinski definition) is 2. The maximum absolute atomic E-state index is 13.9. The Morgan fingerprint density at radius 3 is 1.89 bits per heavy atom. The van der Waals surface area contributed by atoms with Crippen LogP contribution in [0.3, 0.4) is 0 Å². The summed E-state index contributed by atoms with van der Waals surface area (Å²) >= 11 is 0. The molecule has 5 aromatic carbocycles. The van der Waals surface area contributed by atoms with Gasteiger partial charge >= 0.3 is 0 Å².